The summed E-state index contributed by atoms with van der Waals surface area (Å²) >= 11 is 12.1. The first-order valence-electron chi connectivity index (χ1n) is 5.71. The molecule has 21 heavy (non-hydrogen) atoms. The van der Waals surface area contributed by atoms with E-state index in [2.05, 4.69) is 5.32 Å². The van der Waals surface area contributed by atoms with Crippen LogP contribution in [0.5, 0.6) is 0 Å². The Morgan fingerprint density at radius 1 is 1.24 bits per heavy atom. The van der Waals surface area contributed by atoms with Gasteiger partial charge in [0.25, 0.3) is 0 Å². The standard InChI is InChI=1S/C14H9Cl2N3O2/c15-10-2-1-7(6-17)3-12(10)19-13-9(14(20)21)4-8(18)5-11(13)16/h1-5,19H,18H2,(H,20,21). The first-order valence-corrected chi connectivity index (χ1v) is 6.47. The average Bonchev–Trinajstić information content (AvgIpc) is 2.43. The number of hydrogen-bond donors (Lipinski definition) is 3. The summed E-state index contributed by atoms with van der Waals surface area (Å²) in [6.07, 6.45) is 0. The molecule has 2 aromatic rings. The summed E-state index contributed by atoms with van der Waals surface area (Å²) in [6, 6.07) is 9.28. The Kier molecular flexibility index (Phi) is 4.22. The van der Waals surface area contributed by atoms with Crippen molar-refractivity contribution in [3.63, 3.8) is 0 Å². The van der Waals surface area contributed by atoms with Crippen LogP contribution >= 0.6 is 23.2 Å². The highest BCUT2D eigenvalue weighted by Gasteiger charge is 2.16. The normalized spacial score (nSPS) is 9.95. The molecule has 0 aliphatic carbocycles. The Morgan fingerprint density at radius 3 is 2.57 bits per heavy atom. The van der Waals surface area contributed by atoms with Crippen LogP contribution in [0, 0.1) is 11.3 Å². The van der Waals surface area contributed by atoms with Crippen LogP contribution < -0.4 is 11.1 Å². The molecule has 2 aromatic carbocycles. The number of nitrogens with two attached hydrogens (primary N) is 1. The number of carbonyl (C=O) groups is 1. The summed E-state index contributed by atoms with van der Waals surface area (Å²) in [7, 11) is 0. The van der Waals surface area contributed by atoms with Gasteiger partial charge in [-0.05, 0) is 30.3 Å². The molecule has 0 amide bonds. The molecule has 0 heterocycles. The minimum absolute atomic E-state index is 0.0848. The molecule has 4 N–H and O–H groups in total. The topological polar surface area (TPSA) is 99.1 Å². The minimum atomic E-state index is -1.18. The molecule has 5 nitrogen and oxygen atoms in total. The predicted octanol–water partition coefficient (Wildman–Crippen LogP) is 3.89. The second kappa shape index (κ2) is 5.92. The van der Waals surface area contributed by atoms with Crippen molar-refractivity contribution >= 4 is 46.2 Å². The lowest BCUT2D eigenvalue weighted by Gasteiger charge is -2.14. The van der Waals surface area contributed by atoms with Crippen molar-refractivity contribution in [3.8, 4) is 6.07 Å². The molecule has 106 valence electrons. The van der Waals surface area contributed by atoms with Crippen LogP contribution in [-0.4, -0.2) is 11.1 Å². The van der Waals surface area contributed by atoms with Gasteiger partial charge in [-0.1, -0.05) is 23.2 Å². The molecule has 0 aliphatic rings. The van der Waals surface area contributed by atoms with Crippen LogP contribution in [0.2, 0.25) is 10.0 Å². The third-order valence-electron chi connectivity index (χ3n) is 2.70. The SMILES string of the molecule is N#Cc1ccc(Cl)c(Nc2c(Cl)cc(N)cc2C(=O)O)c1. The van der Waals surface area contributed by atoms with Gasteiger partial charge in [0.15, 0.2) is 0 Å². The van der Waals surface area contributed by atoms with Crippen molar-refractivity contribution in [2.24, 2.45) is 0 Å². The van der Waals surface area contributed by atoms with E-state index in [9.17, 15) is 9.90 Å². The van der Waals surface area contributed by atoms with Gasteiger partial charge < -0.3 is 16.2 Å². The van der Waals surface area contributed by atoms with Crippen molar-refractivity contribution in [1.82, 2.24) is 0 Å². The highest BCUT2D eigenvalue weighted by Crippen LogP contribution is 2.34. The van der Waals surface area contributed by atoms with Gasteiger partial charge in [0.2, 0.25) is 0 Å². The van der Waals surface area contributed by atoms with E-state index < -0.39 is 5.97 Å². The maximum absolute atomic E-state index is 11.3. The van der Waals surface area contributed by atoms with Crippen LogP contribution in [0.3, 0.4) is 0 Å². The fourth-order valence-electron chi connectivity index (χ4n) is 1.75. The number of rotatable bonds is 3. The molecule has 0 saturated carbocycles. The summed E-state index contributed by atoms with van der Waals surface area (Å²) in [5.41, 5.74) is 6.66. The molecule has 7 heteroatoms. The Bertz CT molecular complexity index is 770. The Morgan fingerprint density at radius 2 is 1.95 bits per heavy atom. The van der Waals surface area contributed by atoms with E-state index in [0.29, 0.717) is 16.3 Å². The van der Waals surface area contributed by atoms with Gasteiger partial charge in [-0.15, -0.1) is 0 Å². The molecule has 0 fully saturated rings. The fourth-order valence-corrected chi connectivity index (χ4v) is 2.19. The molecular weight excluding hydrogens is 313 g/mol. The number of nitriles is 1. The van der Waals surface area contributed by atoms with E-state index in [0.717, 1.165) is 0 Å². The predicted molar refractivity (Wildman–Crippen MR) is 82.3 cm³/mol. The van der Waals surface area contributed by atoms with Gasteiger partial charge in [0.1, 0.15) is 0 Å². The van der Waals surface area contributed by atoms with Crippen molar-refractivity contribution < 1.29 is 9.90 Å². The number of nitrogen functional groups attached to an aromatic ring is 1. The lowest BCUT2D eigenvalue weighted by Crippen LogP contribution is -2.05. The van der Waals surface area contributed by atoms with E-state index in [4.69, 9.17) is 34.2 Å². The number of aromatic carboxylic acids is 1. The Labute approximate surface area is 130 Å². The highest BCUT2D eigenvalue weighted by molar-refractivity contribution is 6.35. The zero-order chi connectivity index (χ0) is 15.6. The number of carboxylic acid groups (broad SMARTS) is 1. The molecule has 0 aliphatic heterocycles. The molecule has 2 rings (SSSR count). The van der Waals surface area contributed by atoms with Gasteiger partial charge in [0.05, 0.1) is 38.6 Å². The van der Waals surface area contributed by atoms with Crippen LogP contribution in [0.1, 0.15) is 15.9 Å². The third kappa shape index (κ3) is 3.19. The molecular formula is C14H9Cl2N3O2. The van der Waals surface area contributed by atoms with E-state index in [1.165, 1.54) is 24.3 Å². The summed E-state index contributed by atoms with van der Waals surface area (Å²) in [5.74, 6) is -1.18. The summed E-state index contributed by atoms with van der Waals surface area (Å²) in [4.78, 5) is 11.3. The first kappa shape index (κ1) is 15.0. The lowest BCUT2D eigenvalue weighted by atomic mass is 10.1. The molecule has 0 radical (unpaired) electrons. The number of halogens is 2. The van der Waals surface area contributed by atoms with Gasteiger partial charge in [-0.25, -0.2) is 4.79 Å². The summed E-state index contributed by atoms with van der Waals surface area (Å²) < 4.78 is 0. The van der Waals surface area contributed by atoms with Crippen LogP contribution in [0.15, 0.2) is 30.3 Å². The zero-order valence-corrected chi connectivity index (χ0v) is 12.0. The third-order valence-corrected chi connectivity index (χ3v) is 3.33. The first-order chi connectivity index (χ1) is 9.92. The van der Waals surface area contributed by atoms with Crippen LogP contribution in [0.4, 0.5) is 17.1 Å². The number of benzene rings is 2. The number of nitrogens with one attached hydrogen (secondary N) is 1. The number of nitrogens with zero attached hydrogens (tertiary/aromatic N) is 1. The molecule has 0 aromatic heterocycles. The second-order valence-corrected chi connectivity index (χ2v) is 4.98. The lowest BCUT2D eigenvalue weighted by molar-refractivity contribution is 0.0698. The number of anilines is 3. The van der Waals surface area contributed by atoms with Crippen molar-refractivity contribution in [2.75, 3.05) is 11.1 Å². The number of carboxylic acids is 1. The maximum atomic E-state index is 11.3. The molecule has 0 atom stereocenters. The van der Waals surface area contributed by atoms with Gasteiger partial charge >= 0.3 is 5.97 Å². The largest absolute Gasteiger partial charge is 0.478 e. The maximum Gasteiger partial charge on any atom is 0.337 e. The van der Waals surface area contributed by atoms with E-state index in [1.54, 1.807) is 6.07 Å². The Balaban J connectivity index is 2.54. The highest BCUT2D eigenvalue weighted by atomic mass is 35.5. The summed E-state index contributed by atoms with van der Waals surface area (Å²) in [5, 5.41) is 21.4. The quantitative estimate of drug-likeness (QED) is 0.745. The smallest absolute Gasteiger partial charge is 0.337 e. The molecule has 0 spiro atoms. The monoisotopic (exact) mass is 321 g/mol. The fraction of sp³-hybridized carbons (Fsp3) is 0. The van der Waals surface area contributed by atoms with Crippen LogP contribution in [0.25, 0.3) is 0 Å². The molecule has 0 bridgehead atoms. The van der Waals surface area contributed by atoms with Gasteiger partial charge in [-0.3, -0.25) is 0 Å². The van der Waals surface area contributed by atoms with E-state index in [-0.39, 0.29) is 22.0 Å². The zero-order valence-electron chi connectivity index (χ0n) is 10.5. The van der Waals surface area contributed by atoms with Gasteiger partial charge in [0, 0.05) is 5.69 Å². The van der Waals surface area contributed by atoms with E-state index >= 15 is 0 Å². The summed E-state index contributed by atoms with van der Waals surface area (Å²) in [6.45, 7) is 0. The van der Waals surface area contributed by atoms with E-state index in [1.807, 2.05) is 6.07 Å². The van der Waals surface area contributed by atoms with Crippen LogP contribution in [-0.2, 0) is 0 Å². The molecule has 0 saturated heterocycles. The Hall–Kier alpha value is -2.42. The number of hydrogen-bond acceptors (Lipinski definition) is 4. The van der Waals surface area contributed by atoms with Crippen molar-refractivity contribution in [3.05, 3.63) is 51.5 Å². The average molecular weight is 322 g/mol. The second-order valence-electron chi connectivity index (χ2n) is 4.16. The minimum Gasteiger partial charge on any atom is -0.478 e. The molecule has 0 unspecified atom stereocenters. The van der Waals surface area contributed by atoms with Crippen molar-refractivity contribution in [2.45, 2.75) is 0 Å². The van der Waals surface area contributed by atoms with Gasteiger partial charge in [-0.2, -0.15) is 5.26 Å². The van der Waals surface area contributed by atoms with Crippen molar-refractivity contribution in [1.29, 1.82) is 5.26 Å².